The highest BCUT2D eigenvalue weighted by molar-refractivity contribution is 5.90. The van der Waals surface area contributed by atoms with Gasteiger partial charge in [0.15, 0.2) is 0 Å². The fourth-order valence-corrected chi connectivity index (χ4v) is 4.92. The van der Waals surface area contributed by atoms with E-state index in [-0.39, 0.29) is 0 Å². The first-order chi connectivity index (χ1) is 21.9. The summed E-state index contributed by atoms with van der Waals surface area (Å²) >= 11 is 0. The van der Waals surface area contributed by atoms with Gasteiger partial charge < -0.3 is 24.8 Å². The molecule has 0 saturated carbocycles. The van der Waals surface area contributed by atoms with Gasteiger partial charge in [0, 0.05) is 49.3 Å². The van der Waals surface area contributed by atoms with Crippen molar-refractivity contribution in [2.75, 3.05) is 24.4 Å². The lowest BCUT2D eigenvalue weighted by Gasteiger charge is -2.27. The number of nitriles is 1. The second-order valence-corrected chi connectivity index (χ2v) is 10.5. The van der Waals surface area contributed by atoms with Crippen LogP contribution in [0.15, 0.2) is 109 Å². The molecule has 0 amide bonds. The van der Waals surface area contributed by atoms with E-state index in [4.69, 9.17) is 19.9 Å². The molecule has 0 bridgehead atoms. The number of anilines is 2. The van der Waals surface area contributed by atoms with Gasteiger partial charge in [0.1, 0.15) is 17.2 Å². The molecule has 2 N–H and O–H groups in total. The van der Waals surface area contributed by atoms with Gasteiger partial charge >= 0.3 is 5.97 Å². The number of nitrogens with two attached hydrogens (primary N) is 1. The Labute approximate surface area is 263 Å². The summed E-state index contributed by atoms with van der Waals surface area (Å²) in [6.45, 7) is 3.69. The van der Waals surface area contributed by atoms with E-state index < -0.39 is 5.97 Å². The number of nitrogens with zero attached hydrogens (tertiary/aromatic N) is 3. The summed E-state index contributed by atoms with van der Waals surface area (Å²) in [5, 5.41) is 9.19. The van der Waals surface area contributed by atoms with Crippen LogP contribution in [0, 0.1) is 18.3 Å². The fraction of sp³-hybridized carbons (Fsp3) is 0.162. The first-order valence-electron chi connectivity index (χ1n) is 14.5. The summed E-state index contributed by atoms with van der Waals surface area (Å²) in [6, 6.07) is 32.4. The van der Waals surface area contributed by atoms with Crippen molar-refractivity contribution >= 4 is 17.3 Å². The Morgan fingerprint density at radius 3 is 2.24 bits per heavy atom. The monoisotopic (exact) mass is 598 g/mol. The van der Waals surface area contributed by atoms with Crippen LogP contribution in [0.4, 0.5) is 11.4 Å². The fourth-order valence-electron chi connectivity index (χ4n) is 4.92. The number of methoxy groups -OCH3 is 1. The molecule has 0 aliphatic carbocycles. The molecule has 5 aromatic rings. The van der Waals surface area contributed by atoms with Gasteiger partial charge in [0.25, 0.3) is 0 Å². The van der Waals surface area contributed by atoms with Crippen LogP contribution >= 0.6 is 0 Å². The molecule has 0 saturated heterocycles. The Bertz CT molecular complexity index is 1780. The van der Waals surface area contributed by atoms with Gasteiger partial charge in [-0.05, 0) is 83.8 Å². The molecule has 0 spiro atoms. The smallest absolute Gasteiger partial charge is 0.338 e. The largest absolute Gasteiger partial charge is 0.493 e. The molecule has 8 heteroatoms. The molecule has 226 valence electrons. The van der Waals surface area contributed by atoms with Crippen LogP contribution in [0.5, 0.6) is 17.2 Å². The first-order valence-corrected chi connectivity index (χ1v) is 14.5. The van der Waals surface area contributed by atoms with Crippen LogP contribution < -0.4 is 20.1 Å². The number of nitrogen functional groups attached to an aromatic ring is 1. The second-order valence-electron chi connectivity index (χ2n) is 10.5. The lowest BCUT2D eigenvalue weighted by Crippen LogP contribution is -2.23. The van der Waals surface area contributed by atoms with E-state index in [1.807, 2.05) is 79.7 Å². The molecule has 8 nitrogen and oxygen atoms in total. The standard InChI is InChI=1S/C37H34N4O4/c1-26-35(39)6-3-7-36(26)41(24-29-10-8-27(22-38)9-11-29)25-30-12-14-32(15-13-30)45-34-20-31(37(42)43-2)19-33(21-34)44-18-16-28-5-4-17-40-23-28/h3-15,17,19-21,23H,16,18,24-25,39H2,1-2H3. The molecule has 1 heterocycles. The zero-order chi connectivity index (χ0) is 31.6. The van der Waals surface area contributed by atoms with E-state index in [0.717, 1.165) is 33.6 Å². The SMILES string of the molecule is COC(=O)c1cc(OCCc2cccnc2)cc(Oc2ccc(CN(Cc3ccc(C#N)cc3)c3cccc(N)c3C)cc2)c1. The highest BCUT2D eigenvalue weighted by Crippen LogP contribution is 2.31. The summed E-state index contributed by atoms with van der Waals surface area (Å²) in [5.74, 6) is 1.09. The molecule has 0 atom stereocenters. The Kier molecular flexibility index (Phi) is 9.93. The number of rotatable bonds is 12. The van der Waals surface area contributed by atoms with Crippen molar-refractivity contribution in [1.82, 2.24) is 4.98 Å². The Morgan fingerprint density at radius 2 is 1.58 bits per heavy atom. The predicted octanol–water partition coefficient (Wildman–Crippen LogP) is 7.25. The Hall–Kier alpha value is -5.81. The van der Waals surface area contributed by atoms with Crippen molar-refractivity contribution in [3.8, 4) is 23.3 Å². The normalized spacial score (nSPS) is 10.5. The zero-order valence-corrected chi connectivity index (χ0v) is 25.3. The Balaban J connectivity index is 1.32. The van der Waals surface area contributed by atoms with Gasteiger partial charge in [-0.25, -0.2) is 4.79 Å². The van der Waals surface area contributed by atoms with Crippen LogP contribution in [0.3, 0.4) is 0 Å². The molecule has 4 aromatic carbocycles. The maximum Gasteiger partial charge on any atom is 0.338 e. The maximum absolute atomic E-state index is 12.4. The van der Waals surface area contributed by atoms with Crippen LogP contribution in [-0.2, 0) is 24.2 Å². The molecular formula is C37H34N4O4. The van der Waals surface area contributed by atoms with Crippen molar-refractivity contribution < 1.29 is 19.0 Å². The minimum Gasteiger partial charge on any atom is -0.493 e. The summed E-state index contributed by atoms with van der Waals surface area (Å²) in [7, 11) is 1.34. The minimum absolute atomic E-state index is 0.332. The Morgan fingerprint density at radius 1 is 0.867 bits per heavy atom. The molecular weight excluding hydrogens is 564 g/mol. The number of pyridine rings is 1. The van der Waals surface area contributed by atoms with E-state index in [9.17, 15) is 10.1 Å². The van der Waals surface area contributed by atoms with Crippen molar-refractivity contribution in [2.24, 2.45) is 0 Å². The molecule has 0 fully saturated rings. The van der Waals surface area contributed by atoms with E-state index in [0.29, 0.717) is 54.5 Å². The number of benzene rings is 4. The van der Waals surface area contributed by atoms with Crippen LogP contribution in [0.1, 0.15) is 38.2 Å². The van der Waals surface area contributed by atoms with E-state index >= 15 is 0 Å². The van der Waals surface area contributed by atoms with E-state index in [2.05, 4.69) is 22.0 Å². The van der Waals surface area contributed by atoms with Crippen molar-refractivity contribution in [1.29, 1.82) is 5.26 Å². The van der Waals surface area contributed by atoms with Gasteiger partial charge in [0.05, 0.1) is 30.9 Å². The average molecular weight is 599 g/mol. The van der Waals surface area contributed by atoms with Gasteiger partial charge in [-0.2, -0.15) is 5.26 Å². The number of carbonyl (C=O) groups is 1. The number of hydrogen-bond donors (Lipinski definition) is 1. The summed E-state index contributed by atoms with van der Waals surface area (Å²) in [5.41, 5.74) is 13.2. The molecule has 0 aliphatic rings. The number of esters is 1. The molecule has 0 unspecified atom stereocenters. The third-order valence-electron chi connectivity index (χ3n) is 7.36. The maximum atomic E-state index is 12.4. The van der Waals surface area contributed by atoms with Crippen LogP contribution in [0.25, 0.3) is 0 Å². The minimum atomic E-state index is -0.480. The number of aromatic nitrogens is 1. The lowest BCUT2D eigenvalue weighted by molar-refractivity contribution is 0.0600. The number of carbonyl (C=O) groups excluding carboxylic acids is 1. The van der Waals surface area contributed by atoms with Crippen LogP contribution in [0.2, 0.25) is 0 Å². The second kappa shape index (κ2) is 14.6. The average Bonchev–Trinajstić information content (AvgIpc) is 3.07. The zero-order valence-electron chi connectivity index (χ0n) is 25.3. The lowest BCUT2D eigenvalue weighted by atomic mass is 10.1. The molecule has 0 aliphatic heterocycles. The third-order valence-corrected chi connectivity index (χ3v) is 7.36. The molecule has 5 rings (SSSR count). The van der Waals surface area contributed by atoms with Crippen molar-refractivity contribution in [2.45, 2.75) is 26.4 Å². The summed E-state index contributed by atoms with van der Waals surface area (Å²) in [6.07, 6.45) is 4.20. The quantitative estimate of drug-likeness (QED) is 0.118. The highest BCUT2D eigenvalue weighted by Gasteiger charge is 2.14. The number of hydrogen-bond acceptors (Lipinski definition) is 8. The van der Waals surface area contributed by atoms with E-state index in [1.54, 1.807) is 30.6 Å². The summed E-state index contributed by atoms with van der Waals surface area (Å²) in [4.78, 5) is 18.8. The van der Waals surface area contributed by atoms with Crippen molar-refractivity contribution in [3.05, 3.63) is 143 Å². The van der Waals surface area contributed by atoms with E-state index in [1.165, 1.54) is 7.11 Å². The van der Waals surface area contributed by atoms with Gasteiger partial charge in [-0.3, -0.25) is 4.98 Å². The summed E-state index contributed by atoms with van der Waals surface area (Å²) < 4.78 is 17.1. The van der Waals surface area contributed by atoms with Gasteiger partial charge in [0.2, 0.25) is 0 Å². The predicted molar refractivity (Wildman–Crippen MR) is 174 cm³/mol. The molecule has 1 aromatic heterocycles. The van der Waals surface area contributed by atoms with Crippen LogP contribution in [-0.4, -0.2) is 24.7 Å². The van der Waals surface area contributed by atoms with Crippen molar-refractivity contribution in [3.63, 3.8) is 0 Å². The number of ether oxygens (including phenoxy) is 3. The third kappa shape index (κ3) is 8.18. The molecule has 0 radical (unpaired) electrons. The topological polar surface area (TPSA) is 111 Å². The highest BCUT2D eigenvalue weighted by atomic mass is 16.5. The first kappa shape index (κ1) is 30.6. The van der Waals surface area contributed by atoms with Gasteiger partial charge in [-0.15, -0.1) is 0 Å². The molecule has 45 heavy (non-hydrogen) atoms. The van der Waals surface area contributed by atoms with Gasteiger partial charge in [-0.1, -0.05) is 36.4 Å².